The van der Waals surface area contributed by atoms with Crippen molar-refractivity contribution in [1.82, 2.24) is 14.3 Å². The molecule has 1 rings (SSSR count). The minimum absolute atomic E-state index is 0.0701. The van der Waals surface area contributed by atoms with Crippen molar-refractivity contribution in [3.63, 3.8) is 0 Å². The van der Waals surface area contributed by atoms with Crippen LogP contribution in [0.25, 0.3) is 0 Å². The summed E-state index contributed by atoms with van der Waals surface area (Å²) in [6.07, 6.45) is 2.15. The maximum absolute atomic E-state index is 12.4. The summed E-state index contributed by atoms with van der Waals surface area (Å²) in [5.41, 5.74) is -0.204. The molecule has 0 amide bonds. The number of nitrogens with one attached hydrogen (secondary N) is 1. The average molecular weight is 322 g/mol. The number of hydrogen-bond donors (Lipinski definition) is 1. The zero-order chi connectivity index (χ0) is 15.6. The largest absolute Gasteiger partial charge is 0.334 e. The fraction of sp³-hybridized carbons (Fsp3) is 0.769. The van der Waals surface area contributed by atoms with E-state index in [1.807, 2.05) is 32.3 Å². The van der Waals surface area contributed by atoms with Crippen molar-refractivity contribution in [3.05, 3.63) is 12.0 Å². The van der Waals surface area contributed by atoms with Gasteiger partial charge in [0, 0.05) is 24.7 Å². The molecule has 0 saturated carbocycles. The molecule has 1 aromatic heterocycles. The van der Waals surface area contributed by atoms with Gasteiger partial charge in [-0.05, 0) is 25.7 Å². The molecule has 1 aromatic rings. The molecule has 0 aromatic carbocycles. The zero-order valence-corrected chi connectivity index (χ0v) is 14.3. The van der Waals surface area contributed by atoms with Crippen LogP contribution in [0, 0.1) is 12.3 Å². The molecule has 1 heterocycles. The smallest absolute Gasteiger partial charge is 0.259 e. The number of sulfonamides is 1. The van der Waals surface area contributed by atoms with E-state index in [0.29, 0.717) is 24.7 Å². The van der Waals surface area contributed by atoms with Crippen LogP contribution in [-0.2, 0) is 16.6 Å². The normalized spacial score (nSPS) is 14.5. The molecule has 7 heteroatoms. The van der Waals surface area contributed by atoms with Crippen molar-refractivity contribution in [2.75, 3.05) is 5.88 Å². The predicted molar refractivity (Wildman–Crippen MR) is 81.5 cm³/mol. The summed E-state index contributed by atoms with van der Waals surface area (Å²) >= 11 is 5.77. The third-order valence-electron chi connectivity index (χ3n) is 3.31. The van der Waals surface area contributed by atoms with Gasteiger partial charge in [-0.25, -0.2) is 18.1 Å². The maximum atomic E-state index is 12.4. The molecule has 0 aliphatic heterocycles. The second kappa shape index (κ2) is 6.45. The van der Waals surface area contributed by atoms with Crippen LogP contribution in [0.15, 0.2) is 11.2 Å². The molecule has 1 N–H and O–H groups in total. The second-order valence-electron chi connectivity index (χ2n) is 5.93. The van der Waals surface area contributed by atoms with E-state index in [2.05, 4.69) is 9.71 Å². The topological polar surface area (TPSA) is 64.0 Å². The van der Waals surface area contributed by atoms with Gasteiger partial charge in [0.05, 0.1) is 0 Å². The van der Waals surface area contributed by atoms with Gasteiger partial charge in [-0.3, -0.25) is 0 Å². The van der Waals surface area contributed by atoms with E-state index < -0.39 is 10.0 Å². The quantitative estimate of drug-likeness (QED) is 0.819. The highest BCUT2D eigenvalue weighted by molar-refractivity contribution is 7.89. The molecule has 0 spiro atoms. The molecule has 0 bridgehead atoms. The Balaban J connectivity index is 3.03. The van der Waals surface area contributed by atoms with Crippen LogP contribution in [0.2, 0.25) is 0 Å². The highest BCUT2D eigenvalue weighted by Crippen LogP contribution is 2.24. The summed E-state index contributed by atoms with van der Waals surface area (Å²) in [6, 6.07) is -0.225. The van der Waals surface area contributed by atoms with E-state index in [1.165, 1.54) is 0 Å². The van der Waals surface area contributed by atoms with Gasteiger partial charge < -0.3 is 4.57 Å². The van der Waals surface area contributed by atoms with Crippen LogP contribution in [0.5, 0.6) is 0 Å². The van der Waals surface area contributed by atoms with Crippen LogP contribution in [0.3, 0.4) is 0 Å². The molecule has 116 valence electrons. The van der Waals surface area contributed by atoms with Gasteiger partial charge in [0.2, 0.25) is 0 Å². The number of hydrogen-bond acceptors (Lipinski definition) is 3. The molecular weight excluding hydrogens is 298 g/mol. The van der Waals surface area contributed by atoms with E-state index in [-0.39, 0.29) is 16.5 Å². The number of aryl methyl sites for hydroxylation is 2. The minimum Gasteiger partial charge on any atom is -0.334 e. The summed E-state index contributed by atoms with van der Waals surface area (Å²) in [4.78, 5) is 4.13. The average Bonchev–Trinajstić information content (AvgIpc) is 2.69. The monoisotopic (exact) mass is 321 g/mol. The highest BCUT2D eigenvalue weighted by atomic mass is 35.5. The predicted octanol–water partition coefficient (Wildman–Crippen LogP) is 2.53. The fourth-order valence-electron chi connectivity index (χ4n) is 1.95. The van der Waals surface area contributed by atoms with Gasteiger partial charge >= 0.3 is 0 Å². The first kappa shape index (κ1) is 17.5. The van der Waals surface area contributed by atoms with Crippen molar-refractivity contribution in [2.45, 2.75) is 58.7 Å². The van der Waals surface area contributed by atoms with Gasteiger partial charge in [-0.2, -0.15) is 0 Å². The third-order valence-corrected chi connectivity index (χ3v) is 4.87. The number of halogens is 1. The summed E-state index contributed by atoms with van der Waals surface area (Å²) < 4.78 is 29.4. The summed E-state index contributed by atoms with van der Waals surface area (Å²) in [5, 5.41) is 0.0701. The van der Waals surface area contributed by atoms with Crippen molar-refractivity contribution >= 4 is 21.6 Å². The Morgan fingerprint density at radius 2 is 2.05 bits per heavy atom. The van der Waals surface area contributed by atoms with Crippen molar-refractivity contribution in [3.8, 4) is 0 Å². The highest BCUT2D eigenvalue weighted by Gasteiger charge is 2.30. The lowest BCUT2D eigenvalue weighted by atomic mass is 9.86. The molecule has 0 radical (unpaired) electrons. The first-order valence-electron chi connectivity index (χ1n) is 6.74. The van der Waals surface area contributed by atoms with Gasteiger partial charge in [0.15, 0.2) is 5.03 Å². The summed E-state index contributed by atoms with van der Waals surface area (Å²) in [6.45, 7) is 10.4. The van der Waals surface area contributed by atoms with E-state index >= 15 is 0 Å². The van der Waals surface area contributed by atoms with Gasteiger partial charge in [-0.15, -0.1) is 11.6 Å². The Morgan fingerprint density at radius 1 is 1.45 bits per heavy atom. The molecule has 1 atom stereocenters. The van der Waals surface area contributed by atoms with Crippen LogP contribution in [-0.4, -0.2) is 29.9 Å². The van der Waals surface area contributed by atoms with Gasteiger partial charge in [0.25, 0.3) is 10.0 Å². The van der Waals surface area contributed by atoms with Gasteiger partial charge in [-0.1, -0.05) is 20.8 Å². The molecule has 0 saturated heterocycles. The summed E-state index contributed by atoms with van der Waals surface area (Å²) in [7, 11) is -3.62. The molecule has 1 unspecified atom stereocenters. The number of nitrogens with zero attached hydrogens (tertiary/aromatic N) is 2. The Labute approximate surface area is 126 Å². The molecule has 5 nitrogen and oxygen atoms in total. The fourth-order valence-corrected chi connectivity index (χ4v) is 3.66. The van der Waals surface area contributed by atoms with Crippen molar-refractivity contribution < 1.29 is 8.42 Å². The molecule has 20 heavy (non-hydrogen) atoms. The second-order valence-corrected chi connectivity index (χ2v) is 7.97. The van der Waals surface area contributed by atoms with Crippen LogP contribution in [0.1, 0.15) is 39.9 Å². The van der Waals surface area contributed by atoms with Crippen LogP contribution in [0.4, 0.5) is 0 Å². The third kappa shape index (κ3) is 4.20. The Morgan fingerprint density at radius 3 is 2.45 bits per heavy atom. The van der Waals surface area contributed by atoms with E-state index in [0.717, 1.165) is 0 Å². The van der Waals surface area contributed by atoms with E-state index in [9.17, 15) is 8.42 Å². The lowest BCUT2D eigenvalue weighted by Crippen LogP contribution is -2.44. The molecule has 0 aliphatic carbocycles. The number of imidazole rings is 1. The number of rotatable bonds is 6. The lowest BCUT2D eigenvalue weighted by molar-refractivity contribution is 0.292. The Bertz CT molecular complexity index is 546. The van der Waals surface area contributed by atoms with E-state index in [1.54, 1.807) is 13.1 Å². The minimum atomic E-state index is -3.62. The number of alkyl halides is 1. The first-order chi connectivity index (χ1) is 9.11. The summed E-state index contributed by atoms with van der Waals surface area (Å²) in [5.74, 6) is 1.10. The van der Waals surface area contributed by atoms with Gasteiger partial charge in [0.1, 0.15) is 5.82 Å². The first-order valence-corrected chi connectivity index (χ1v) is 8.75. The Kier molecular flexibility index (Phi) is 5.63. The molecule has 0 aliphatic rings. The van der Waals surface area contributed by atoms with Crippen LogP contribution >= 0.6 is 11.6 Å². The SMILES string of the molecule is CCn1cc(S(=O)(=O)NC(CCCl)C(C)(C)C)nc1C. The maximum Gasteiger partial charge on any atom is 0.259 e. The molecule has 0 fully saturated rings. The Hall–Kier alpha value is -0.590. The lowest BCUT2D eigenvalue weighted by Gasteiger charge is -2.30. The molecular formula is C13H24ClN3O2S. The van der Waals surface area contributed by atoms with Crippen LogP contribution < -0.4 is 4.72 Å². The van der Waals surface area contributed by atoms with Crippen molar-refractivity contribution in [2.24, 2.45) is 5.41 Å². The zero-order valence-electron chi connectivity index (χ0n) is 12.8. The standard InChI is InChI=1S/C13H24ClN3O2S/c1-6-17-9-12(15-10(17)2)20(18,19)16-11(7-8-14)13(3,4)5/h9,11,16H,6-8H2,1-5H3. The van der Waals surface area contributed by atoms with E-state index in [4.69, 9.17) is 11.6 Å². The van der Waals surface area contributed by atoms with Crippen molar-refractivity contribution in [1.29, 1.82) is 0 Å². The number of aromatic nitrogens is 2.